The third-order valence-corrected chi connectivity index (χ3v) is 4.23. The molecule has 2 heteroatoms. The van der Waals surface area contributed by atoms with Crippen LogP contribution in [0.5, 0.6) is 11.5 Å². The number of rotatable bonds is 8. The van der Waals surface area contributed by atoms with Crippen LogP contribution in [0.3, 0.4) is 0 Å². The van der Waals surface area contributed by atoms with E-state index in [-0.39, 0.29) is 11.5 Å². The molecule has 132 valence electrons. The van der Waals surface area contributed by atoms with E-state index >= 15 is 0 Å². The first-order valence-corrected chi connectivity index (χ1v) is 8.76. The number of aryl methyl sites for hydroxylation is 1. The minimum Gasteiger partial charge on any atom is -0.504 e. The van der Waals surface area contributed by atoms with Gasteiger partial charge in [-0.1, -0.05) is 47.1 Å². The maximum atomic E-state index is 9.97. The Kier molecular flexibility index (Phi) is 8.39. The van der Waals surface area contributed by atoms with Crippen molar-refractivity contribution in [1.29, 1.82) is 0 Å². The molecule has 0 spiro atoms. The van der Waals surface area contributed by atoms with Crippen molar-refractivity contribution < 1.29 is 10.2 Å². The average Bonchev–Trinajstić information content (AvgIpc) is 2.51. The maximum Gasteiger partial charge on any atom is 0.161 e. The van der Waals surface area contributed by atoms with Gasteiger partial charge in [0.05, 0.1) is 0 Å². The minimum absolute atomic E-state index is 0.00604. The van der Waals surface area contributed by atoms with Gasteiger partial charge in [-0.15, -0.1) is 0 Å². The highest BCUT2D eigenvalue weighted by atomic mass is 16.3. The van der Waals surface area contributed by atoms with E-state index in [0.717, 1.165) is 31.2 Å². The van der Waals surface area contributed by atoms with E-state index < -0.39 is 0 Å². The van der Waals surface area contributed by atoms with Crippen molar-refractivity contribution in [2.45, 2.75) is 66.7 Å². The topological polar surface area (TPSA) is 40.5 Å². The summed E-state index contributed by atoms with van der Waals surface area (Å²) in [7, 11) is 0. The summed E-state index contributed by atoms with van der Waals surface area (Å²) in [4.78, 5) is 0. The second-order valence-corrected chi connectivity index (χ2v) is 6.90. The summed E-state index contributed by atoms with van der Waals surface area (Å²) >= 11 is 0. The first kappa shape index (κ1) is 20.1. The van der Waals surface area contributed by atoms with E-state index in [1.807, 2.05) is 12.1 Å². The first-order valence-electron chi connectivity index (χ1n) is 8.76. The van der Waals surface area contributed by atoms with Crippen molar-refractivity contribution in [3.8, 4) is 11.5 Å². The summed E-state index contributed by atoms with van der Waals surface area (Å²) in [5, 5.41) is 19.7. The molecule has 2 N–H and O–H groups in total. The SMILES string of the molecule is CC(C)=CCCC(C)=CCCC(C)=CCc1ccc(C)c(O)c1O. The molecule has 0 atom stereocenters. The van der Waals surface area contributed by atoms with Gasteiger partial charge in [0.15, 0.2) is 11.5 Å². The number of aromatic hydroxyl groups is 2. The van der Waals surface area contributed by atoms with Gasteiger partial charge in [0, 0.05) is 5.56 Å². The molecular formula is C22H32O2. The quantitative estimate of drug-likeness (QED) is 0.430. The lowest BCUT2D eigenvalue weighted by atomic mass is 10.0. The molecule has 0 aliphatic rings. The third-order valence-electron chi connectivity index (χ3n) is 4.23. The average molecular weight is 328 g/mol. The van der Waals surface area contributed by atoms with Crippen molar-refractivity contribution >= 4 is 0 Å². The zero-order valence-electron chi connectivity index (χ0n) is 15.8. The van der Waals surface area contributed by atoms with Crippen LogP contribution in [0.1, 0.15) is 64.5 Å². The molecular weight excluding hydrogens is 296 g/mol. The molecule has 0 unspecified atom stereocenters. The Hall–Kier alpha value is -1.96. The van der Waals surface area contributed by atoms with Crippen LogP contribution in [0.15, 0.2) is 47.1 Å². The highest BCUT2D eigenvalue weighted by Crippen LogP contribution is 2.32. The Labute approximate surface area is 147 Å². The van der Waals surface area contributed by atoms with E-state index in [1.165, 1.54) is 16.7 Å². The molecule has 24 heavy (non-hydrogen) atoms. The van der Waals surface area contributed by atoms with E-state index in [4.69, 9.17) is 0 Å². The predicted molar refractivity (Wildman–Crippen MR) is 104 cm³/mol. The van der Waals surface area contributed by atoms with E-state index in [0.29, 0.717) is 12.0 Å². The number of hydrogen-bond acceptors (Lipinski definition) is 2. The second kappa shape index (κ2) is 10.0. The molecule has 0 saturated heterocycles. The van der Waals surface area contributed by atoms with Gasteiger partial charge in [-0.25, -0.2) is 0 Å². The second-order valence-electron chi connectivity index (χ2n) is 6.90. The molecule has 1 aromatic carbocycles. The molecule has 1 rings (SSSR count). The first-order chi connectivity index (χ1) is 11.3. The van der Waals surface area contributed by atoms with Gasteiger partial charge in [-0.05, 0) is 72.3 Å². The van der Waals surface area contributed by atoms with Crippen LogP contribution >= 0.6 is 0 Å². The molecule has 0 amide bonds. The lowest BCUT2D eigenvalue weighted by molar-refractivity contribution is 0.397. The van der Waals surface area contributed by atoms with Crippen molar-refractivity contribution in [3.05, 3.63) is 58.2 Å². The van der Waals surface area contributed by atoms with E-state index in [2.05, 4.69) is 45.9 Å². The molecule has 1 aromatic rings. The van der Waals surface area contributed by atoms with Crippen LogP contribution < -0.4 is 0 Å². The van der Waals surface area contributed by atoms with Crippen LogP contribution in [-0.2, 0) is 6.42 Å². The molecule has 0 heterocycles. The standard InChI is InChI=1S/C22H32O2/c1-16(2)8-6-9-17(3)10-7-11-18(4)12-14-20-15-13-19(5)21(23)22(20)24/h8,10,12-13,15,23-24H,6-7,9,11,14H2,1-5H3. The van der Waals surface area contributed by atoms with Gasteiger partial charge in [-0.2, -0.15) is 0 Å². The van der Waals surface area contributed by atoms with Crippen LogP contribution in [0, 0.1) is 6.92 Å². The van der Waals surface area contributed by atoms with Crippen LogP contribution in [0.25, 0.3) is 0 Å². The van der Waals surface area contributed by atoms with E-state index in [9.17, 15) is 10.2 Å². The van der Waals surface area contributed by atoms with Gasteiger partial charge < -0.3 is 10.2 Å². The van der Waals surface area contributed by atoms with Crippen LogP contribution in [-0.4, -0.2) is 10.2 Å². The number of phenolic OH excluding ortho intramolecular Hbond substituents is 2. The zero-order valence-corrected chi connectivity index (χ0v) is 15.8. The summed E-state index contributed by atoms with van der Waals surface area (Å²) in [6.07, 6.45) is 11.7. The number of allylic oxidation sites excluding steroid dienone is 6. The van der Waals surface area contributed by atoms with E-state index in [1.54, 1.807) is 6.92 Å². The van der Waals surface area contributed by atoms with Crippen LogP contribution in [0.2, 0.25) is 0 Å². The Balaban J connectivity index is 2.48. The smallest absolute Gasteiger partial charge is 0.161 e. The molecule has 2 nitrogen and oxygen atoms in total. The predicted octanol–water partition coefficient (Wildman–Crippen LogP) is 6.37. The van der Waals surface area contributed by atoms with Gasteiger partial charge in [-0.3, -0.25) is 0 Å². The Morgan fingerprint density at radius 1 is 0.833 bits per heavy atom. The normalized spacial score (nSPS) is 12.4. The highest BCUT2D eigenvalue weighted by Gasteiger charge is 2.07. The molecule has 0 aromatic heterocycles. The highest BCUT2D eigenvalue weighted by molar-refractivity contribution is 5.50. The van der Waals surface area contributed by atoms with Crippen molar-refractivity contribution in [1.82, 2.24) is 0 Å². The molecule has 0 fully saturated rings. The molecule has 0 bridgehead atoms. The Morgan fingerprint density at radius 2 is 1.42 bits per heavy atom. The number of phenols is 2. The van der Waals surface area contributed by atoms with Gasteiger partial charge in [0.1, 0.15) is 0 Å². The van der Waals surface area contributed by atoms with Crippen molar-refractivity contribution in [2.24, 2.45) is 0 Å². The van der Waals surface area contributed by atoms with Crippen LogP contribution in [0.4, 0.5) is 0 Å². The molecule has 0 saturated carbocycles. The zero-order chi connectivity index (χ0) is 18.1. The summed E-state index contributed by atoms with van der Waals surface area (Å²) in [6, 6.07) is 3.72. The Bertz CT molecular complexity index is 630. The largest absolute Gasteiger partial charge is 0.504 e. The molecule has 0 radical (unpaired) electrons. The number of hydrogen-bond donors (Lipinski definition) is 2. The third kappa shape index (κ3) is 7.08. The summed E-state index contributed by atoms with van der Waals surface area (Å²) < 4.78 is 0. The number of benzene rings is 1. The lowest BCUT2D eigenvalue weighted by Crippen LogP contribution is -1.87. The Morgan fingerprint density at radius 3 is 2.04 bits per heavy atom. The lowest BCUT2D eigenvalue weighted by Gasteiger charge is -2.07. The molecule has 0 aliphatic carbocycles. The van der Waals surface area contributed by atoms with Gasteiger partial charge in [0.2, 0.25) is 0 Å². The van der Waals surface area contributed by atoms with Gasteiger partial charge >= 0.3 is 0 Å². The van der Waals surface area contributed by atoms with Gasteiger partial charge in [0.25, 0.3) is 0 Å². The summed E-state index contributed by atoms with van der Waals surface area (Å²) in [5.74, 6) is 0.00235. The summed E-state index contributed by atoms with van der Waals surface area (Å²) in [6.45, 7) is 10.4. The van der Waals surface area contributed by atoms with Crippen molar-refractivity contribution in [3.63, 3.8) is 0 Å². The van der Waals surface area contributed by atoms with Crippen molar-refractivity contribution in [2.75, 3.05) is 0 Å². The fourth-order valence-electron chi connectivity index (χ4n) is 2.51. The monoisotopic (exact) mass is 328 g/mol. The fraction of sp³-hybridized carbons (Fsp3) is 0.455. The summed E-state index contributed by atoms with van der Waals surface area (Å²) in [5.41, 5.74) is 5.60. The minimum atomic E-state index is -0.00604. The fourth-order valence-corrected chi connectivity index (χ4v) is 2.51. The molecule has 0 aliphatic heterocycles. The maximum absolute atomic E-state index is 9.97.